The fourth-order valence-corrected chi connectivity index (χ4v) is 5.35. The smallest absolute Gasteiger partial charge is 0.191 e. The molecule has 0 spiro atoms. The molecule has 8 heteroatoms. The number of hydrogen-bond donors (Lipinski definition) is 2. The van der Waals surface area contributed by atoms with Gasteiger partial charge in [0, 0.05) is 51.2 Å². The van der Waals surface area contributed by atoms with Crippen LogP contribution in [0, 0.1) is 5.82 Å². The van der Waals surface area contributed by atoms with Gasteiger partial charge in [-0.1, -0.05) is 19.1 Å². The van der Waals surface area contributed by atoms with E-state index in [0.29, 0.717) is 6.54 Å². The largest absolute Gasteiger partial charge is 0.381 e. The lowest BCUT2D eigenvalue weighted by Gasteiger charge is -2.37. The molecule has 3 rings (SSSR count). The van der Waals surface area contributed by atoms with Crippen LogP contribution in [0.5, 0.6) is 0 Å². The molecule has 1 atom stereocenters. The monoisotopic (exact) mass is 438 g/mol. The van der Waals surface area contributed by atoms with Gasteiger partial charge in [0.2, 0.25) is 0 Å². The third-order valence-electron chi connectivity index (χ3n) is 5.86. The van der Waals surface area contributed by atoms with E-state index in [1.54, 1.807) is 7.05 Å². The van der Waals surface area contributed by atoms with E-state index in [-0.39, 0.29) is 16.6 Å². The van der Waals surface area contributed by atoms with Crippen LogP contribution in [0.3, 0.4) is 0 Å². The van der Waals surface area contributed by atoms with Gasteiger partial charge in [-0.2, -0.15) is 11.8 Å². The normalized spacial score (nSPS) is 21.2. The molecule has 2 aliphatic rings. The van der Waals surface area contributed by atoms with Gasteiger partial charge in [0.25, 0.3) is 0 Å². The zero-order valence-electron chi connectivity index (χ0n) is 18.2. The number of ether oxygens (including phenoxy) is 2. The molecule has 2 aliphatic heterocycles. The molecule has 0 bridgehead atoms. The second-order valence-electron chi connectivity index (χ2n) is 7.75. The summed E-state index contributed by atoms with van der Waals surface area (Å²) in [6, 6.07) is 6.96. The quantitative estimate of drug-likeness (QED) is 0.481. The number of guanidine groups is 1. The number of nitrogens with one attached hydrogen (secondary N) is 2. The van der Waals surface area contributed by atoms with E-state index in [0.717, 1.165) is 76.2 Å². The highest BCUT2D eigenvalue weighted by atomic mass is 32.2. The van der Waals surface area contributed by atoms with E-state index in [1.165, 1.54) is 12.1 Å². The van der Waals surface area contributed by atoms with Crippen molar-refractivity contribution in [1.82, 2.24) is 15.5 Å². The minimum atomic E-state index is -0.208. The number of rotatable bonds is 8. The first-order valence-electron chi connectivity index (χ1n) is 10.9. The second-order valence-corrected chi connectivity index (χ2v) is 9.48. The van der Waals surface area contributed by atoms with Crippen molar-refractivity contribution in [2.75, 3.05) is 65.4 Å². The lowest BCUT2D eigenvalue weighted by Crippen LogP contribution is -2.50. The molecule has 0 saturated carbocycles. The molecule has 1 unspecified atom stereocenters. The van der Waals surface area contributed by atoms with Gasteiger partial charge >= 0.3 is 0 Å². The fraction of sp³-hybridized carbons (Fsp3) is 0.682. The summed E-state index contributed by atoms with van der Waals surface area (Å²) in [5.74, 6) is 1.69. The van der Waals surface area contributed by atoms with E-state index in [2.05, 4.69) is 27.4 Å². The maximum absolute atomic E-state index is 13.4. The molecule has 2 saturated heterocycles. The summed E-state index contributed by atoms with van der Waals surface area (Å²) in [5, 5.41) is 7.04. The molecule has 6 nitrogen and oxygen atoms in total. The zero-order chi connectivity index (χ0) is 21.2. The Bertz CT molecular complexity index is 656. The topological polar surface area (TPSA) is 58.1 Å². The van der Waals surface area contributed by atoms with Crippen LogP contribution in [0.4, 0.5) is 4.39 Å². The van der Waals surface area contributed by atoms with Crippen LogP contribution in [0.25, 0.3) is 0 Å². The molecule has 2 N–H and O–H groups in total. The Morgan fingerprint density at radius 1 is 1.13 bits per heavy atom. The first kappa shape index (κ1) is 23.3. The SMILES string of the molecule is CCSC1(CNC(=NC)NCC(c2ccc(F)cc2)N2CCOCC2)CCOCC1. The molecule has 168 valence electrons. The summed E-state index contributed by atoms with van der Waals surface area (Å²) in [5.41, 5.74) is 1.10. The van der Waals surface area contributed by atoms with Gasteiger partial charge in [0.15, 0.2) is 5.96 Å². The maximum Gasteiger partial charge on any atom is 0.191 e. The third kappa shape index (κ3) is 6.57. The first-order chi connectivity index (χ1) is 14.7. The van der Waals surface area contributed by atoms with Crippen LogP contribution in [0.2, 0.25) is 0 Å². The molecule has 0 aliphatic carbocycles. The van der Waals surface area contributed by atoms with E-state index in [1.807, 2.05) is 23.9 Å². The number of benzene rings is 1. The van der Waals surface area contributed by atoms with Gasteiger partial charge in [0.1, 0.15) is 5.82 Å². The van der Waals surface area contributed by atoms with E-state index in [9.17, 15) is 4.39 Å². The Kier molecular flexibility index (Phi) is 9.24. The number of thioether (sulfide) groups is 1. The lowest BCUT2D eigenvalue weighted by atomic mass is 9.99. The molecular weight excluding hydrogens is 403 g/mol. The van der Waals surface area contributed by atoms with E-state index >= 15 is 0 Å². The molecule has 2 heterocycles. The summed E-state index contributed by atoms with van der Waals surface area (Å²) in [6.07, 6.45) is 2.11. The van der Waals surface area contributed by atoms with Crippen molar-refractivity contribution >= 4 is 17.7 Å². The standard InChI is InChI=1S/C22H35FN4O2S/c1-3-30-22(8-12-28-13-9-22)17-26-21(24-2)25-16-20(27-10-14-29-15-11-27)18-4-6-19(23)7-5-18/h4-7,20H,3,8-17H2,1-2H3,(H2,24,25,26). The molecule has 2 fully saturated rings. The maximum atomic E-state index is 13.4. The summed E-state index contributed by atoms with van der Waals surface area (Å²) >= 11 is 2.01. The lowest BCUT2D eigenvalue weighted by molar-refractivity contribution is 0.0169. The Labute approximate surface area is 184 Å². The van der Waals surface area contributed by atoms with E-state index < -0.39 is 0 Å². The van der Waals surface area contributed by atoms with Crippen LogP contribution in [-0.2, 0) is 9.47 Å². The average Bonchev–Trinajstić information content (AvgIpc) is 2.79. The predicted molar refractivity (Wildman–Crippen MR) is 122 cm³/mol. The minimum absolute atomic E-state index is 0.134. The molecule has 30 heavy (non-hydrogen) atoms. The van der Waals surface area contributed by atoms with E-state index in [4.69, 9.17) is 9.47 Å². The molecule has 1 aromatic rings. The van der Waals surface area contributed by atoms with Gasteiger partial charge in [-0.25, -0.2) is 4.39 Å². The fourth-order valence-electron chi connectivity index (χ4n) is 4.11. The molecule has 0 radical (unpaired) electrons. The molecule has 0 aromatic heterocycles. The molecule has 0 amide bonds. The van der Waals surface area contributed by atoms with Crippen molar-refractivity contribution in [1.29, 1.82) is 0 Å². The number of morpholine rings is 1. The van der Waals surface area contributed by atoms with Gasteiger partial charge in [-0.15, -0.1) is 0 Å². The van der Waals surface area contributed by atoms with Crippen LogP contribution in [-0.4, -0.2) is 81.0 Å². The summed E-state index contributed by atoms with van der Waals surface area (Å²) in [6.45, 7) is 8.61. The van der Waals surface area contributed by atoms with Crippen molar-refractivity contribution < 1.29 is 13.9 Å². The number of nitrogens with zero attached hydrogens (tertiary/aromatic N) is 2. The van der Waals surface area contributed by atoms with Crippen LogP contribution in [0.15, 0.2) is 29.3 Å². The summed E-state index contributed by atoms with van der Waals surface area (Å²) in [7, 11) is 1.81. The highest BCUT2D eigenvalue weighted by Crippen LogP contribution is 2.34. The minimum Gasteiger partial charge on any atom is -0.381 e. The van der Waals surface area contributed by atoms with Gasteiger partial charge < -0.3 is 20.1 Å². The third-order valence-corrected chi connectivity index (χ3v) is 7.31. The Balaban J connectivity index is 1.61. The van der Waals surface area contributed by atoms with Crippen molar-refractivity contribution in [3.63, 3.8) is 0 Å². The molecule has 1 aromatic carbocycles. The highest BCUT2D eigenvalue weighted by Gasteiger charge is 2.33. The van der Waals surface area contributed by atoms with Crippen LogP contribution < -0.4 is 10.6 Å². The van der Waals surface area contributed by atoms with Gasteiger partial charge in [-0.3, -0.25) is 9.89 Å². The number of halogens is 1. The zero-order valence-corrected chi connectivity index (χ0v) is 19.0. The Hall–Kier alpha value is -1.35. The summed E-state index contributed by atoms with van der Waals surface area (Å²) < 4.78 is 24.7. The van der Waals surface area contributed by atoms with Gasteiger partial charge in [0.05, 0.1) is 19.3 Å². The van der Waals surface area contributed by atoms with Crippen LogP contribution in [0.1, 0.15) is 31.4 Å². The Morgan fingerprint density at radius 2 is 1.80 bits per heavy atom. The average molecular weight is 439 g/mol. The predicted octanol–water partition coefficient (Wildman–Crippen LogP) is 2.67. The summed E-state index contributed by atoms with van der Waals surface area (Å²) in [4.78, 5) is 6.83. The highest BCUT2D eigenvalue weighted by molar-refractivity contribution is 8.00. The van der Waals surface area contributed by atoms with Gasteiger partial charge in [-0.05, 0) is 36.3 Å². The van der Waals surface area contributed by atoms with Crippen molar-refractivity contribution in [3.8, 4) is 0 Å². The van der Waals surface area contributed by atoms with Crippen molar-refractivity contribution in [2.24, 2.45) is 4.99 Å². The number of aliphatic imine (C=N–C) groups is 1. The molecular formula is C22H35FN4O2S. The van der Waals surface area contributed by atoms with Crippen molar-refractivity contribution in [2.45, 2.75) is 30.6 Å². The van der Waals surface area contributed by atoms with Crippen molar-refractivity contribution in [3.05, 3.63) is 35.6 Å². The van der Waals surface area contributed by atoms with Crippen LogP contribution >= 0.6 is 11.8 Å². The number of hydrogen-bond acceptors (Lipinski definition) is 5. The Morgan fingerprint density at radius 3 is 2.43 bits per heavy atom. The second kappa shape index (κ2) is 11.9. The first-order valence-corrected chi connectivity index (χ1v) is 11.9.